The van der Waals surface area contributed by atoms with Crippen LogP contribution >= 0.6 is 0 Å². The van der Waals surface area contributed by atoms with Crippen molar-refractivity contribution in [3.8, 4) is 16.9 Å². The first kappa shape index (κ1) is 35.0. The molecule has 0 aliphatic rings. The largest absolute Gasteiger partial charge is 0.494 e. The summed E-state index contributed by atoms with van der Waals surface area (Å²) < 4.78 is 63.7. The van der Waals surface area contributed by atoms with Gasteiger partial charge in [0.05, 0.1) is 31.3 Å². The average Bonchev–Trinajstić information content (AvgIpc) is 3.00. The minimum Gasteiger partial charge on any atom is -0.494 e. The summed E-state index contributed by atoms with van der Waals surface area (Å²) in [6.45, 7) is 4.44. The molecule has 0 aliphatic carbocycles. The van der Waals surface area contributed by atoms with Gasteiger partial charge in [0.1, 0.15) is 7.85 Å². The number of rotatable bonds is 7. The lowest BCUT2D eigenvalue weighted by Crippen LogP contribution is -2.44. The average molecular weight is 598 g/mol. The second-order valence-electron chi connectivity index (χ2n) is 8.95. The maximum Gasteiger partial charge on any atom is 0.416 e. The third kappa shape index (κ3) is 7.63. The number of ether oxygens (including phenoxy) is 1. The second-order valence-corrected chi connectivity index (χ2v) is 8.95. The third-order valence-corrected chi connectivity index (χ3v) is 6.58. The zero-order chi connectivity index (χ0) is 32.5. The van der Waals surface area contributed by atoms with Gasteiger partial charge in [-0.1, -0.05) is 73.9 Å². The molecule has 0 saturated heterocycles. The summed E-state index contributed by atoms with van der Waals surface area (Å²) >= 11 is 0. The van der Waals surface area contributed by atoms with Crippen LogP contribution in [0.1, 0.15) is 42.3 Å². The van der Waals surface area contributed by atoms with E-state index in [4.69, 9.17) is 18.3 Å². The molecule has 7 nitrogen and oxygen atoms in total. The van der Waals surface area contributed by atoms with E-state index in [0.29, 0.717) is 5.56 Å². The number of alkyl halides is 3. The van der Waals surface area contributed by atoms with Crippen molar-refractivity contribution in [3.63, 3.8) is 0 Å². The molecule has 0 saturated carbocycles. The molecule has 228 valence electrons. The number of hydrogen-bond acceptors (Lipinski definition) is 5. The van der Waals surface area contributed by atoms with E-state index in [-0.39, 0.29) is 40.1 Å². The van der Waals surface area contributed by atoms with Gasteiger partial charge in [-0.05, 0) is 37.2 Å². The molecule has 2 radical (unpaired) electrons. The summed E-state index contributed by atoms with van der Waals surface area (Å²) in [5, 5.41) is 0. The van der Waals surface area contributed by atoms with Crippen molar-refractivity contribution in [1.82, 2.24) is 9.13 Å². The minimum atomic E-state index is -4.76. The van der Waals surface area contributed by atoms with E-state index in [1.165, 1.54) is 45.3 Å². The SMILES string of the molecule is CC.CN.[B]c1cccc(C(F)(F)F)c1Cn1c(C)c(-c2cccc(OC)c2F)c(=O)n(CC(N)c2ccccc2)c1=O. The van der Waals surface area contributed by atoms with E-state index in [9.17, 15) is 22.8 Å². The molecular weight excluding hydrogens is 563 g/mol. The van der Waals surface area contributed by atoms with Crippen LogP contribution < -0.4 is 32.9 Å². The first-order valence-electron chi connectivity index (χ1n) is 13.5. The van der Waals surface area contributed by atoms with Gasteiger partial charge in [-0.2, -0.15) is 13.2 Å². The van der Waals surface area contributed by atoms with E-state index in [2.05, 4.69) is 5.73 Å². The number of methoxy groups -OCH3 is 1. The Morgan fingerprint density at radius 3 is 2.12 bits per heavy atom. The quantitative estimate of drug-likeness (QED) is 0.244. The molecule has 1 atom stereocenters. The number of nitrogens with two attached hydrogens (primary N) is 2. The van der Waals surface area contributed by atoms with Crippen LogP contribution in [-0.2, 0) is 19.3 Å². The van der Waals surface area contributed by atoms with Crippen LogP contribution in [0.4, 0.5) is 17.6 Å². The molecule has 0 spiro atoms. The zero-order valence-electron chi connectivity index (χ0n) is 24.7. The highest BCUT2D eigenvalue weighted by atomic mass is 19.4. The molecule has 1 aromatic heterocycles. The van der Waals surface area contributed by atoms with Crippen molar-refractivity contribution < 1.29 is 22.3 Å². The Kier molecular flexibility index (Phi) is 12.5. The zero-order valence-corrected chi connectivity index (χ0v) is 24.7. The summed E-state index contributed by atoms with van der Waals surface area (Å²) in [5.74, 6) is -1.01. The van der Waals surface area contributed by atoms with Crippen LogP contribution in [0.2, 0.25) is 0 Å². The van der Waals surface area contributed by atoms with Crippen LogP contribution in [-0.4, -0.2) is 31.1 Å². The Bertz CT molecular complexity index is 1640. The van der Waals surface area contributed by atoms with Crippen LogP contribution in [0.15, 0.2) is 76.3 Å². The minimum absolute atomic E-state index is 0.0435. The first-order chi connectivity index (χ1) is 20.5. The van der Waals surface area contributed by atoms with Gasteiger partial charge in [0, 0.05) is 17.3 Å². The molecule has 1 unspecified atom stereocenters. The molecule has 0 bridgehead atoms. The summed E-state index contributed by atoms with van der Waals surface area (Å²) in [4.78, 5) is 27.4. The molecule has 4 aromatic rings. The highest BCUT2D eigenvalue weighted by Crippen LogP contribution is 2.32. The van der Waals surface area contributed by atoms with Crippen molar-refractivity contribution in [2.24, 2.45) is 11.5 Å². The molecule has 3 aromatic carbocycles. The predicted molar refractivity (Wildman–Crippen MR) is 162 cm³/mol. The maximum atomic E-state index is 15.4. The van der Waals surface area contributed by atoms with Gasteiger partial charge in [0.25, 0.3) is 5.56 Å². The van der Waals surface area contributed by atoms with E-state index < -0.39 is 41.4 Å². The third-order valence-electron chi connectivity index (χ3n) is 6.58. The fraction of sp³-hybridized carbons (Fsp3) is 0.290. The van der Waals surface area contributed by atoms with E-state index >= 15 is 4.39 Å². The Hall–Kier alpha value is -4.16. The summed E-state index contributed by atoms with van der Waals surface area (Å²) in [6, 6.07) is 15.3. The van der Waals surface area contributed by atoms with Gasteiger partial charge in [-0.3, -0.25) is 13.9 Å². The normalized spacial score (nSPS) is 11.5. The summed E-state index contributed by atoms with van der Waals surface area (Å²) in [6.07, 6.45) is -4.76. The first-order valence-corrected chi connectivity index (χ1v) is 13.5. The highest BCUT2D eigenvalue weighted by Gasteiger charge is 2.34. The van der Waals surface area contributed by atoms with Gasteiger partial charge in [0.2, 0.25) is 0 Å². The second kappa shape index (κ2) is 15.4. The monoisotopic (exact) mass is 598 g/mol. The Balaban J connectivity index is 0.00000155. The van der Waals surface area contributed by atoms with E-state index in [0.717, 1.165) is 21.3 Å². The van der Waals surface area contributed by atoms with Gasteiger partial charge in [-0.15, -0.1) is 0 Å². The van der Waals surface area contributed by atoms with Crippen LogP contribution in [0.25, 0.3) is 11.1 Å². The lowest BCUT2D eigenvalue weighted by Gasteiger charge is -2.22. The highest BCUT2D eigenvalue weighted by molar-refractivity contribution is 6.33. The molecule has 0 fully saturated rings. The van der Waals surface area contributed by atoms with E-state index in [1.807, 2.05) is 13.8 Å². The van der Waals surface area contributed by atoms with Crippen LogP contribution in [0.5, 0.6) is 5.75 Å². The van der Waals surface area contributed by atoms with Crippen molar-refractivity contribution in [2.45, 2.75) is 46.1 Å². The Morgan fingerprint density at radius 1 is 0.930 bits per heavy atom. The van der Waals surface area contributed by atoms with Gasteiger partial charge >= 0.3 is 11.9 Å². The molecule has 4 rings (SSSR count). The predicted octanol–water partition coefficient (Wildman–Crippen LogP) is 4.30. The van der Waals surface area contributed by atoms with Crippen LogP contribution in [0.3, 0.4) is 0 Å². The lowest BCUT2D eigenvalue weighted by molar-refractivity contribution is -0.138. The van der Waals surface area contributed by atoms with Crippen molar-refractivity contribution in [2.75, 3.05) is 14.2 Å². The fourth-order valence-corrected chi connectivity index (χ4v) is 4.53. The van der Waals surface area contributed by atoms with Crippen molar-refractivity contribution in [1.29, 1.82) is 0 Å². The Morgan fingerprint density at radius 2 is 1.53 bits per heavy atom. The number of nitrogens with zero attached hydrogens (tertiary/aromatic N) is 2. The van der Waals surface area contributed by atoms with Crippen molar-refractivity contribution in [3.05, 3.63) is 116 Å². The standard InChI is InChI=1S/C28H24BF4N3O3.C2H6.CH5N/c1-16-24(18-10-6-13-23(39-2)25(18)30)26(37)36(15-22(34)17-8-4-3-5-9-17)27(38)35(16)14-19-20(28(31,32)33)11-7-12-21(19)29;2*1-2/h3-13,22H,14-15,34H2,1-2H3;1-2H3;2H2,1H3. The molecular formula is C31H35BF4N4O3. The summed E-state index contributed by atoms with van der Waals surface area (Å²) in [7, 11) is 8.68. The van der Waals surface area contributed by atoms with Crippen molar-refractivity contribution >= 4 is 13.3 Å². The number of aromatic nitrogens is 2. The number of hydrogen-bond donors (Lipinski definition) is 2. The summed E-state index contributed by atoms with van der Waals surface area (Å²) in [5.41, 5.74) is 7.67. The number of halogens is 4. The Labute approximate surface area is 249 Å². The van der Waals surface area contributed by atoms with Gasteiger partial charge in [-0.25, -0.2) is 9.18 Å². The topological polar surface area (TPSA) is 105 Å². The smallest absolute Gasteiger partial charge is 0.416 e. The van der Waals surface area contributed by atoms with E-state index in [1.54, 1.807) is 30.3 Å². The lowest BCUT2D eigenvalue weighted by atomic mass is 9.87. The van der Waals surface area contributed by atoms with Gasteiger partial charge < -0.3 is 16.2 Å². The van der Waals surface area contributed by atoms with Crippen LogP contribution in [0, 0.1) is 12.7 Å². The fourth-order valence-electron chi connectivity index (χ4n) is 4.53. The van der Waals surface area contributed by atoms with Gasteiger partial charge in [0.15, 0.2) is 11.6 Å². The molecule has 4 N–H and O–H groups in total. The molecule has 1 heterocycles. The number of benzene rings is 3. The molecule has 0 amide bonds. The molecule has 43 heavy (non-hydrogen) atoms. The maximum absolute atomic E-state index is 15.4. The molecule has 0 aliphatic heterocycles. The molecule has 12 heteroatoms.